The van der Waals surface area contributed by atoms with Gasteiger partial charge in [0.25, 0.3) is 11.5 Å². The summed E-state index contributed by atoms with van der Waals surface area (Å²) in [5, 5.41) is 0. The van der Waals surface area contributed by atoms with Crippen molar-refractivity contribution in [3.8, 4) is 11.1 Å². The van der Waals surface area contributed by atoms with Crippen molar-refractivity contribution in [2.24, 2.45) is 0 Å². The lowest BCUT2D eigenvalue weighted by atomic mass is 10.0. The molecule has 3 aromatic heterocycles. The number of aromatic amines is 1. The van der Waals surface area contributed by atoms with Crippen LogP contribution in [0.1, 0.15) is 5.56 Å². The van der Waals surface area contributed by atoms with Gasteiger partial charge in [-0.3, -0.25) is 18.9 Å². The zero-order chi connectivity index (χ0) is 29.0. The maximum absolute atomic E-state index is 12.8. The molecular weight excluding hydrogens is 576 g/mol. The van der Waals surface area contributed by atoms with Crippen LogP contribution in [0.25, 0.3) is 22.3 Å². The van der Waals surface area contributed by atoms with Gasteiger partial charge in [-0.25, -0.2) is 23.0 Å². The highest BCUT2D eigenvalue weighted by Gasteiger charge is 2.35. The molecule has 0 fully saturated rings. The number of nitrogens with one attached hydrogen (secondary N) is 1. The van der Waals surface area contributed by atoms with Gasteiger partial charge >= 0.3 is 21.2 Å². The largest absolute Gasteiger partial charge is 0.480 e. The summed E-state index contributed by atoms with van der Waals surface area (Å²) in [4.78, 5) is 42.7. The van der Waals surface area contributed by atoms with E-state index in [0.717, 1.165) is 29.2 Å². The molecule has 0 radical (unpaired) electrons. The van der Waals surface area contributed by atoms with Crippen LogP contribution < -0.4 is 15.9 Å². The predicted octanol–water partition coefficient (Wildman–Crippen LogP) is 2.26. The number of phosphoric acid groups is 1. The van der Waals surface area contributed by atoms with Crippen molar-refractivity contribution in [1.82, 2.24) is 23.9 Å². The van der Waals surface area contributed by atoms with Crippen molar-refractivity contribution in [3.63, 3.8) is 0 Å². The molecule has 0 saturated heterocycles. The van der Waals surface area contributed by atoms with E-state index in [1.165, 1.54) is 6.20 Å². The van der Waals surface area contributed by atoms with Gasteiger partial charge in [0.1, 0.15) is 6.33 Å². The zero-order valence-corrected chi connectivity index (χ0v) is 23.2. The Labute approximate surface area is 232 Å². The van der Waals surface area contributed by atoms with Gasteiger partial charge in [-0.1, -0.05) is 59.6 Å². The second kappa shape index (κ2) is 11.9. The van der Waals surface area contributed by atoms with Crippen LogP contribution in [0.3, 0.4) is 0 Å². The molecule has 15 nitrogen and oxygen atoms in total. The Balaban J connectivity index is 1.24. The third-order valence-electron chi connectivity index (χ3n) is 5.85. The molecule has 0 amide bonds. The van der Waals surface area contributed by atoms with Crippen molar-refractivity contribution < 1.29 is 37.1 Å². The Hall–Kier alpha value is -3.94. The zero-order valence-electron chi connectivity index (χ0n) is 21.4. The van der Waals surface area contributed by atoms with Gasteiger partial charge in [0.2, 0.25) is 5.52 Å². The Morgan fingerprint density at radius 3 is 2.46 bits per heavy atom. The summed E-state index contributed by atoms with van der Waals surface area (Å²) in [7, 11) is -9.59. The molecule has 41 heavy (non-hydrogen) atoms. The number of imidazole rings is 2. The maximum Gasteiger partial charge on any atom is 0.480 e. The summed E-state index contributed by atoms with van der Waals surface area (Å²) in [6, 6.07) is 17.9. The molecule has 5 N–H and O–H groups in total. The Morgan fingerprint density at radius 2 is 1.76 bits per heavy atom. The Bertz CT molecular complexity index is 1790. The van der Waals surface area contributed by atoms with Crippen LogP contribution >= 0.6 is 15.6 Å². The highest BCUT2D eigenvalue weighted by atomic mass is 31.3. The first-order valence-corrected chi connectivity index (χ1v) is 15.1. The van der Waals surface area contributed by atoms with E-state index in [0.29, 0.717) is 10.9 Å². The first-order chi connectivity index (χ1) is 19.6. The minimum absolute atomic E-state index is 0.0748. The number of phosphoric ester groups is 1. The highest BCUT2D eigenvalue weighted by Crippen LogP contribution is 2.60. The number of benzene rings is 2. The molecule has 0 aliphatic rings. The lowest BCUT2D eigenvalue weighted by Gasteiger charge is -2.16. The fourth-order valence-electron chi connectivity index (χ4n) is 4.03. The minimum Gasteiger partial charge on any atom is -0.355 e. The van der Waals surface area contributed by atoms with Gasteiger partial charge in [-0.05, 0) is 16.7 Å². The molecule has 0 spiro atoms. The smallest absolute Gasteiger partial charge is 0.355 e. The van der Waals surface area contributed by atoms with Crippen LogP contribution in [0.2, 0.25) is 0 Å². The van der Waals surface area contributed by atoms with E-state index < -0.39 is 27.7 Å². The molecular formula is C24H26N7O8P2+. The molecule has 17 heteroatoms. The SMILES string of the molecule is Nc1nc2c(c(=O)[nH]1)n(Cc1ccc(-c3ccccc3)cc1)c[n+]2COCCOP(=O)(O)OP(=O)(O)n1ccnc1. The normalized spacial score (nSPS) is 14.6. The Morgan fingerprint density at radius 1 is 1.02 bits per heavy atom. The molecule has 0 aliphatic carbocycles. The number of ether oxygens (including phenoxy) is 1. The summed E-state index contributed by atoms with van der Waals surface area (Å²) in [5.74, 6) is -0.0748. The molecule has 5 aromatic rings. The van der Waals surface area contributed by atoms with Crippen LogP contribution in [0.4, 0.5) is 5.95 Å². The number of aromatic nitrogens is 6. The van der Waals surface area contributed by atoms with Crippen LogP contribution in [0.5, 0.6) is 0 Å². The molecule has 5 rings (SSSR count). The summed E-state index contributed by atoms with van der Waals surface area (Å²) in [6.07, 6.45) is 4.91. The Kier molecular flexibility index (Phi) is 8.29. The number of nitrogens with two attached hydrogens (primary N) is 1. The van der Waals surface area contributed by atoms with Crippen LogP contribution in [0, 0.1) is 0 Å². The lowest BCUT2D eigenvalue weighted by Crippen LogP contribution is -2.35. The number of H-pyrrole nitrogens is 1. The molecule has 2 unspecified atom stereocenters. The maximum atomic E-state index is 12.8. The van der Waals surface area contributed by atoms with Crippen molar-refractivity contribution in [3.05, 3.63) is 95.6 Å². The summed E-state index contributed by atoms with van der Waals surface area (Å²) in [6.45, 7) is -0.395. The second-order valence-corrected chi connectivity index (χ2v) is 12.0. The van der Waals surface area contributed by atoms with E-state index >= 15 is 0 Å². The van der Waals surface area contributed by atoms with E-state index in [1.807, 2.05) is 54.6 Å². The van der Waals surface area contributed by atoms with Crippen LogP contribution in [0.15, 0.2) is 84.4 Å². The van der Waals surface area contributed by atoms with E-state index in [4.69, 9.17) is 15.0 Å². The van der Waals surface area contributed by atoms with Gasteiger partial charge in [-0.2, -0.15) is 4.31 Å². The predicted molar refractivity (Wildman–Crippen MR) is 146 cm³/mol. The summed E-state index contributed by atoms with van der Waals surface area (Å²) >= 11 is 0. The average molecular weight is 602 g/mol. The minimum atomic E-state index is -4.90. The van der Waals surface area contributed by atoms with Gasteiger partial charge in [0, 0.05) is 12.4 Å². The fourth-order valence-corrected chi connectivity index (χ4v) is 6.36. The first-order valence-electron chi connectivity index (χ1n) is 12.1. The van der Waals surface area contributed by atoms with Gasteiger partial charge in [0.15, 0.2) is 13.1 Å². The van der Waals surface area contributed by atoms with E-state index in [-0.39, 0.29) is 30.4 Å². The molecule has 214 valence electrons. The van der Waals surface area contributed by atoms with E-state index in [1.54, 1.807) is 15.5 Å². The quantitative estimate of drug-likeness (QED) is 0.0927. The third kappa shape index (κ3) is 6.87. The van der Waals surface area contributed by atoms with E-state index in [9.17, 15) is 23.7 Å². The van der Waals surface area contributed by atoms with Crippen molar-refractivity contribution in [2.45, 2.75) is 13.3 Å². The van der Waals surface area contributed by atoms with Gasteiger partial charge < -0.3 is 20.3 Å². The number of anilines is 1. The lowest BCUT2D eigenvalue weighted by molar-refractivity contribution is -0.711. The monoisotopic (exact) mass is 602 g/mol. The fraction of sp³-hybridized carbons (Fsp3) is 0.167. The molecule has 0 saturated carbocycles. The number of hydrogen-bond acceptors (Lipinski definition) is 9. The van der Waals surface area contributed by atoms with Gasteiger partial charge in [0.05, 0.1) is 19.8 Å². The summed E-state index contributed by atoms with van der Waals surface area (Å²) < 4.78 is 42.8. The molecule has 2 aromatic carbocycles. The number of rotatable bonds is 12. The topological polar surface area (TPSA) is 201 Å². The van der Waals surface area contributed by atoms with Crippen molar-refractivity contribution in [1.29, 1.82) is 0 Å². The van der Waals surface area contributed by atoms with Crippen molar-refractivity contribution >= 4 is 32.7 Å². The standard InChI is InChI=1S/C24H25N7O8P2/c25-24-27-22-21(23(32)28-24)29(14-18-6-8-20(9-7-18)19-4-2-1-3-5-19)16-30(22)17-37-12-13-38-41(35,36)39-40(33,34)31-11-10-26-15-31/h1-11,15-16H,12-14,17H2,(H4-,25,27,28,32,33,34,35,36)/p+1. The summed E-state index contributed by atoms with van der Waals surface area (Å²) in [5.41, 5.74) is 8.97. The average Bonchev–Trinajstić information content (AvgIpc) is 3.59. The number of fused-ring (bicyclic) bond motifs is 1. The highest BCUT2D eigenvalue weighted by molar-refractivity contribution is 7.63. The van der Waals surface area contributed by atoms with Crippen LogP contribution in [-0.4, -0.2) is 46.9 Å². The van der Waals surface area contributed by atoms with E-state index in [2.05, 4.69) is 19.3 Å². The third-order valence-corrected chi connectivity index (χ3v) is 8.86. The number of hydrogen-bond donors (Lipinski definition) is 4. The van der Waals surface area contributed by atoms with Gasteiger partial charge in [-0.15, -0.1) is 0 Å². The molecule has 0 bridgehead atoms. The van der Waals surface area contributed by atoms with Crippen molar-refractivity contribution in [2.75, 3.05) is 18.9 Å². The number of nitrogen functional groups attached to an aromatic ring is 1. The molecule has 0 aliphatic heterocycles. The first kappa shape index (κ1) is 28.6. The number of nitrogens with zero attached hydrogens (tertiary/aromatic N) is 5. The molecule has 3 heterocycles. The second-order valence-electron chi connectivity index (χ2n) is 8.75. The molecule has 2 atom stereocenters. The van der Waals surface area contributed by atoms with Crippen LogP contribution in [-0.2, 0) is 36.0 Å².